The van der Waals surface area contributed by atoms with E-state index in [1.165, 1.54) is 7.11 Å². The second kappa shape index (κ2) is 5.79. The number of carbonyl (C=O) groups excluding carboxylic acids is 1. The number of alkyl halides is 2. The highest BCUT2D eigenvalue weighted by atomic mass is 79.9. The Morgan fingerprint density at radius 3 is 2.68 bits per heavy atom. The zero-order chi connectivity index (χ0) is 14.0. The first-order valence-electron chi connectivity index (χ1n) is 5.77. The largest absolute Gasteiger partial charge is 0.489 e. The third kappa shape index (κ3) is 3.48. The number of ether oxygens (including phenoxy) is 2. The normalized spacial score (nSPS) is 16.0. The number of benzene rings is 1. The van der Waals surface area contributed by atoms with Crippen LogP contribution < -0.4 is 4.74 Å². The van der Waals surface area contributed by atoms with Crippen molar-refractivity contribution >= 4 is 37.8 Å². The van der Waals surface area contributed by atoms with E-state index in [1.807, 2.05) is 0 Å². The van der Waals surface area contributed by atoms with Gasteiger partial charge in [-0.05, 0) is 30.5 Å². The predicted molar refractivity (Wildman–Crippen MR) is 76.7 cm³/mol. The maximum atomic E-state index is 13.6. The molecule has 0 aromatic heterocycles. The van der Waals surface area contributed by atoms with E-state index in [1.54, 1.807) is 12.1 Å². The third-order valence-corrected chi connectivity index (χ3v) is 4.02. The second-order valence-corrected chi connectivity index (χ2v) is 5.98. The van der Waals surface area contributed by atoms with Gasteiger partial charge in [-0.2, -0.15) is 0 Å². The highest BCUT2D eigenvalue weighted by Gasteiger charge is 2.44. The average Bonchev–Trinajstić information content (AvgIpc) is 3.13. The molecule has 0 N–H and O–H groups in total. The molecule has 0 radical (unpaired) electrons. The first-order chi connectivity index (χ1) is 8.99. The van der Waals surface area contributed by atoms with Gasteiger partial charge in [0, 0.05) is 9.80 Å². The highest BCUT2D eigenvalue weighted by Crippen LogP contribution is 2.41. The lowest BCUT2D eigenvalue weighted by atomic mass is 10.1. The van der Waals surface area contributed by atoms with Crippen molar-refractivity contribution in [2.75, 3.05) is 13.7 Å². The minimum atomic E-state index is -1.23. The van der Waals surface area contributed by atoms with Crippen LogP contribution in [0.5, 0.6) is 5.75 Å². The molecule has 0 aliphatic heterocycles. The van der Waals surface area contributed by atoms with E-state index in [4.69, 9.17) is 9.47 Å². The van der Waals surface area contributed by atoms with Crippen molar-refractivity contribution < 1.29 is 18.7 Å². The number of rotatable bonds is 5. The van der Waals surface area contributed by atoms with Crippen molar-refractivity contribution in [1.29, 1.82) is 0 Å². The lowest BCUT2D eigenvalue weighted by molar-refractivity contribution is 0.0592. The van der Waals surface area contributed by atoms with Crippen molar-refractivity contribution in [3.05, 3.63) is 27.7 Å². The summed E-state index contributed by atoms with van der Waals surface area (Å²) in [5.74, 6) is -0.139. The second-order valence-electron chi connectivity index (χ2n) is 4.50. The van der Waals surface area contributed by atoms with Crippen LogP contribution in [0, 0.1) is 0 Å². The van der Waals surface area contributed by atoms with Gasteiger partial charge in [0.15, 0.2) is 0 Å². The lowest BCUT2D eigenvalue weighted by Crippen LogP contribution is -2.16. The van der Waals surface area contributed by atoms with Crippen LogP contribution in [0.3, 0.4) is 0 Å². The summed E-state index contributed by atoms with van der Waals surface area (Å²) in [6.45, 7) is -0.0326. The van der Waals surface area contributed by atoms with Gasteiger partial charge in [0.2, 0.25) is 0 Å². The van der Waals surface area contributed by atoms with Crippen LogP contribution >= 0.6 is 31.9 Å². The Bertz CT molecular complexity index is 501. The van der Waals surface area contributed by atoms with Crippen molar-refractivity contribution in [2.24, 2.45) is 0 Å². The Morgan fingerprint density at radius 1 is 1.47 bits per heavy atom. The molecule has 1 fully saturated rings. The summed E-state index contributed by atoms with van der Waals surface area (Å²) in [5, 5.41) is 0.480. The molecule has 0 saturated heterocycles. The van der Waals surface area contributed by atoms with Crippen LogP contribution in [-0.2, 0) is 10.1 Å². The molecule has 19 heavy (non-hydrogen) atoms. The van der Waals surface area contributed by atoms with E-state index in [9.17, 15) is 9.18 Å². The third-order valence-electron chi connectivity index (χ3n) is 2.96. The minimum absolute atomic E-state index is 0.0326. The zero-order valence-corrected chi connectivity index (χ0v) is 13.5. The quantitative estimate of drug-likeness (QED) is 0.558. The van der Waals surface area contributed by atoms with Crippen LogP contribution in [0.15, 0.2) is 16.6 Å². The molecule has 0 atom stereocenters. The standard InChI is InChI=1S/C13H13Br2FO3/c1-18-12(17)11-8(6-14)4-9(15)5-10(11)19-7-13(16)2-3-13/h4-5H,2-3,6-7H2,1H3. The van der Waals surface area contributed by atoms with E-state index in [-0.39, 0.29) is 6.61 Å². The number of esters is 1. The molecule has 0 unspecified atom stereocenters. The molecule has 1 saturated carbocycles. The van der Waals surface area contributed by atoms with E-state index in [0.29, 0.717) is 29.5 Å². The molecule has 6 heteroatoms. The molecule has 0 bridgehead atoms. The number of hydrogen-bond donors (Lipinski definition) is 0. The van der Waals surface area contributed by atoms with Gasteiger partial charge in [-0.1, -0.05) is 31.9 Å². The fourth-order valence-electron chi connectivity index (χ4n) is 1.68. The predicted octanol–water partition coefficient (Wildman–Crippen LogP) is 4.01. The zero-order valence-electron chi connectivity index (χ0n) is 10.3. The van der Waals surface area contributed by atoms with Gasteiger partial charge in [-0.3, -0.25) is 0 Å². The monoisotopic (exact) mass is 394 g/mol. The van der Waals surface area contributed by atoms with Gasteiger partial charge < -0.3 is 9.47 Å². The molecular formula is C13H13Br2FO3. The van der Waals surface area contributed by atoms with Crippen LogP contribution in [0.1, 0.15) is 28.8 Å². The Labute approximate surface area is 127 Å². The summed E-state index contributed by atoms with van der Waals surface area (Å²) < 4.78 is 24.6. The van der Waals surface area contributed by atoms with Gasteiger partial charge in [0.25, 0.3) is 0 Å². The molecular weight excluding hydrogens is 383 g/mol. The van der Waals surface area contributed by atoms with Gasteiger partial charge in [-0.25, -0.2) is 9.18 Å². The highest BCUT2D eigenvalue weighted by molar-refractivity contribution is 9.10. The number of hydrogen-bond acceptors (Lipinski definition) is 3. The number of halogens is 3. The van der Waals surface area contributed by atoms with Gasteiger partial charge >= 0.3 is 5.97 Å². The molecule has 3 nitrogen and oxygen atoms in total. The summed E-state index contributed by atoms with van der Waals surface area (Å²) in [6, 6.07) is 3.46. The summed E-state index contributed by atoms with van der Waals surface area (Å²) in [5.41, 5.74) is -0.156. The first kappa shape index (κ1) is 14.8. The summed E-state index contributed by atoms with van der Waals surface area (Å²) in [4.78, 5) is 11.8. The maximum Gasteiger partial charge on any atom is 0.341 e. The SMILES string of the molecule is COC(=O)c1c(CBr)cc(Br)cc1OCC1(F)CC1. The van der Waals surface area contributed by atoms with Crippen molar-refractivity contribution in [3.8, 4) is 5.75 Å². The minimum Gasteiger partial charge on any atom is -0.489 e. The number of carbonyl (C=O) groups is 1. The Hall–Kier alpha value is -0.620. The number of methoxy groups -OCH3 is 1. The molecule has 0 amide bonds. The van der Waals surface area contributed by atoms with Crippen molar-refractivity contribution in [1.82, 2.24) is 0 Å². The Kier molecular flexibility index (Phi) is 4.50. The van der Waals surface area contributed by atoms with Crippen LogP contribution in [0.25, 0.3) is 0 Å². The molecule has 1 aromatic carbocycles. The Morgan fingerprint density at radius 2 is 2.16 bits per heavy atom. The van der Waals surface area contributed by atoms with E-state index in [2.05, 4.69) is 31.9 Å². The molecule has 0 spiro atoms. The van der Waals surface area contributed by atoms with Crippen molar-refractivity contribution in [2.45, 2.75) is 23.8 Å². The van der Waals surface area contributed by atoms with E-state index in [0.717, 1.165) is 10.0 Å². The summed E-state index contributed by atoms with van der Waals surface area (Å²) >= 11 is 6.67. The fraction of sp³-hybridized carbons (Fsp3) is 0.462. The molecule has 0 heterocycles. The van der Waals surface area contributed by atoms with Crippen LogP contribution in [-0.4, -0.2) is 25.4 Å². The fourth-order valence-corrected chi connectivity index (χ4v) is 2.60. The lowest BCUT2D eigenvalue weighted by Gasteiger charge is -2.15. The molecule has 104 valence electrons. The smallest absolute Gasteiger partial charge is 0.341 e. The summed E-state index contributed by atoms with van der Waals surface area (Å²) in [6.07, 6.45) is 1.03. The first-order valence-corrected chi connectivity index (χ1v) is 7.69. The van der Waals surface area contributed by atoms with Crippen LogP contribution in [0.4, 0.5) is 4.39 Å². The molecule has 1 aliphatic carbocycles. The maximum absolute atomic E-state index is 13.6. The molecule has 1 aliphatic rings. The molecule has 2 rings (SSSR count). The Balaban J connectivity index is 2.32. The summed E-state index contributed by atoms with van der Waals surface area (Å²) in [7, 11) is 1.31. The van der Waals surface area contributed by atoms with Crippen molar-refractivity contribution in [3.63, 3.8) is 0 Å². The van der Waals surface area contributed by atoms with Crippen LogP contribution in [0.2, 0.25) is 0 Å². The average molecular weight is 396 g/mol. The molecule has 1 aromatic rings. The topological polar surface area (TPSA) is 35.5 Å². The van der Waals surface area contributed by atoms with E-state index < -0.39 is 11.6 Å². The van der Waals surface area contributed by atoms with Gasteiger partial charge in [0.05, 0.1) is 7.11 Å². The van der Waals surface area contributed by atoms with Gasteiger partial charge in [0.1, 0.15) is 23.6 Å². The van der Waals surface area contributed by atoms with E-state index >= 15 is 0 Å². The van der Waals surface area contributed by atoms with Gasteiger partial charge in [-0.15, -0.1) is 0 Å².